The van der Waals surface area contributed by atoms with E-state index in [0.717, 1.165) is 0 Å². The molecule has 11 heavy (non-hydrogen) atoms. The average Bonchev–Trinajstić information content (AvgIpc) is 2.06. The van der Waals surface area contributed by atoms with Crippen molar-refractivity contribution in [1.82, 2.24) is 5.32 Å². The van der Waals surface area contributed by atoms with Crippen LogP contribution in [0.5, 0.6) is 0 Å². The van der Waals surface area contributed by atoms with Gasteiger partial charge in [0.25, 0.3) is 0 Å². The standard InChI is InChI=1S/C3H7NO2.C3H8.C2H2/c5-2-1-4-3-6;1-3-2;1-2/h3,5H,1-2H2,(H,4,6);3H2,1-2H3;1-2H. The van der Waals surface area contributed by atoms with Crippen LogP contribution >= 0.6 is 0 Å². The molecule has 0 radical (unpaired) electrons. The Bertz CT molecular complexity index is 71.7. The number of rotatable bonds is 3. The molecule has 0 aromatic carbocycles. The molecule has 0 rings (SSSR count). The third-order valence-corrected chi connectivity index (χ3v) is 0.339. The van der Waals surface area contributed by atoms with Gasteiger partial charge in [-0.1, -0.05) is 20.3 Å². The van der Waals surface area contributed by atoms with E-state index in [4.69, 9.17) is 5.11 Å². The van der Waals surface area contributed by atoms with Crippen LogP contribution in [0.1, 0.15) is 20.3 Å². The zero-order valence-electron chi connectivity index (χ0n) is 7.21. The van der Waals surface area contributed by atoms with Gasteiger partial charge in [0.15, 0.2) is 0 Å². The first-order chi connectivity index (χ1) is 5.33. The first kappa shape index (κ1) is 16.5. The highest BCUT2D eigenvalue weighted by molar-refractivity contribution is 5.45. The highest BCUT2D eigenvalue weighted by atomic mass is 16.3. The molecule has 0 fully saturated rings. The predicted molar refractivity (Wildman–Crippen MR) is 47.0 cm³/mol. The molecule has 66 valence electrons. The van der Waals surface area contributed by atoms with Crippen molar-refractivity contribution in [3.8, 4) is 12.8 Å². The lowest BCUT2D eigenvalue weighted by Crippen LogP contribution is -2.14. The summed E-state index contributed by atoms with van der Waals surface area (Å²) in [6.45, 7) is 4.61. The maximum Gasteiger partial charge on any atom is 0.207 e. The summed E-state index contributed by atoms with van der Waals surface area (Å²) in [5.74, 6) is 0. The van der Waals surface area contributed by atoms with Gasteiger partial charge in [-0.2, -0.15) is 0 Å². The van der Waals surface area contributed by atoms with Gasteiger partial charge in [-0.15, -0.1) is 12.8 Å². The minimum absolute atomic E-state index is 0.0126. The van der Waals surface area contributed by atoms with Gasteiger partial charge >= 0.3 is 0 Å². The van der Waals surface area contributed by atoms with Crippen molar-refractivity contribution in [3.05, 3.63) is 0 Å². The zero-order chi connectivity index (χ0) is 9.54. The molecule has 3 heteroatoms. The first-order valence-electron chi connectivity index (χ1n) is 3.44. The highest BCUT2D eigenvalue weighted by Crippen LogP contribution is 1.56. The summed E-state index contributed by atoms with van der Waals surface area (Å²) in [5, 5.41) is 10.2. The molecule has 0 aliphatic carbocycles. The molecule has 0 atom stereocenters. The minimum Gasteiger partial charge on any atom is -0.395 e. The summed E-state index contributed by atoms with van der Waals surface area (Å²) in [4.78, 5) is 9.34. The topological polar surface area (TPSA) is 49.3 Å². The van der Waals surface area contributed by atoms with Crippen LogP contribution < -0.4 is 5.32 Å². The first-order valence-corrected chi connectivity index (χ1v) is 3.44. The Morgan fingerprint density at radius 2 is 1.82 bits per heavy atom. The molecular formula is C8H17NO2. The van der Waals surface area contributed by atoms with E-state index in [9.17, 15) is 4.79 Å². The summed E-state index contributed by atoms with van der Waals surface area (Å²) >= 11 is 0. The van der Waals surface area contributed by atoms with Crippen molar-refractivity contribution in [2.75, 3.05) is 13.2 Å². The second-order valence-electron chi connectivity index (χ2n) is 1.50. The Labute approximate surface area is 68.8 Å². The van der Waals surface area contributed by atoms with Crippen LogP contribution in [-0.2, 0) is 4.79 Å². The van der Waals surface area contributed by atoms with Gasteiger partial charge in [-0.05, 0) is 0 Å². The van der Waals surface area contributed by atoms with Crippen LogP contribution in [0.4, 0.5) is 0 Å². The van der Waals surface area contributed by atoms with Crippen molar-refractivity contribution < 1.29 is 9.90 Å². The Kier molecular flexibility index (Phi) is 54.2. The largest absolute Gasteiger partial charge is 0.395 e. The lowest BCUT2D eigenvalue weighted by Gasteiger charge is -1.85. The lowest BCUT2D eigenvalue weighted by molar-refractivity contribution is -0.109. The van der Waals surface area contributed by atoms with E-state index in [1.54, 1.807) is 0 Å². The number of carbonyl (C=O) groups is 1. The Morgan fingerprint density at radius 1 is 1.45 bits per heavy atom. The molecule has 0 spiro atoms. The SMILES string of the molecule is C#C.CCC.O=CNCCO. The van der Waals surface area contributed by atoms with Crippen molar-refractivity contribution in [1.29, 1.82) is 0 Å². The number of aliphatic hydroxyl groups is 1. The van der Waals surface area contributed by atoms with Crippen LogP contribution in [-0.4, -0.2) is 24.7 Å². The van der Waals surface area contributed by atoms with Crippen LogP contribution in [0, 0.1) is 12.8 Å². The predicted octanol–water partition coefficient (Wildman–Crippen LogP) is 0.390. The van der Waals surface area contributed by atoms with Crippen molar-refractivity contribution >= 4 is 6.41 Å². The van der Waals surface area contributed by atoms with Crippen molar-refractivity contribution in [2.45, 2.75) is 20.3 Å². The molecule has 3 nitrogen and oxygen atoms in total. The number of terminal acetylenes is 1. The van der Waals surface area contributed by atoms with Gasteiger partial charge in [0.1, 0.15) is 0 Å². The van der Waals surface area contributed by atoms with Crippen molar-refractivity contribution in [3.63, 3.8) is 0 Å². The molecule has 0 unspecified atom stereocenters. The molecule has 0 aromatic rings. The maximum absolute atomic E-state index is 9.34. The number of carbonyl (C=O) groups excluding carboxylic acids is 1. The molecule has 2 N–H and O–H groups in total. The Hall–Kier alpha value is -1.01. The third-order valence-electron chi connectivity index (χ3n) is 0.339. The van der Waals surface area contributed by atoms with Crippen LogP contribution in [0.2, 0.25) is 0 Å². The maximum atomic E-state index is 9.34. The smallest absolute Gasteiger partial charge is 0.207 e. The van der Waals surface area contributed by atoms with E-state index in [1.165, 1.54) is 6.42 Å². The fourth-order valence-electron chi connectivity index (χ4n) is 0.123. The second-order valence-corrected chi connectivity index (χ2v) is 1.50. The Morgan fingerprint density at radius 3 is 1.91 bits per heavy atom. The van der Waals surface area contributed by atoms with E-state index >= 15 is 0 Å². The minimum atomic E-state index is 0.0126. The van der Waals surface area contributed by atoms with E-state index < -0.39 is 0 Å². The van der Waals surface area contributed by atoms with Crippen LogP contribution in [0.25, 0.3) is 0 Å². The second kappa shape index (κ2) is 36.1. The average molecular weight is 159 g/mol. The van der Waals surface area contributed by atoms with Crippen LogP contribution in [0.15, 0.2) is 0 Å². The van der Waals surface area contributed by atoms with E-state index in [1.807, 2.05) is 0 Å². The van der Waals surface area contributed by atoms with Gasteiger partial charge in [0.2, 0.25) is 6.41 Å². The third kappa shape index (κ3) is 111. The number of aliphatic hydroxyl groups excluding tert-OH is 1. The van der Waals surface area contributed by atoms with Crippen molar-refractivity contribution in [2.24, 2.45) is 0 Å². The summed E-state index contributed by atoms with van der Waals surface area (Å²) < 4.78 is 0. The molecule has 0 aromatic heterocycles. The monoisotopic (exact) mass is 159 g/mol. The van der Waals surface area contributed by atoms with E-state index in [0.29, 0.717) is 13.0 Å². The molecule has 0 aliphatic heterocycles. The van der Waals surface area contributed by atoms with Crippen LogP contribution in [0.3, 0.4) is 0 Å². The fraction of sp³-hybridized carbons (Fsp3) is 0.625. The number of amides is 1. The molecule has 0 saturated heterocycles. The van der Waals surface area contributed by atoms with Gasteiger partial charge in [-0.25, -0.2) is 0 Å². The summed E-state index contributed by atoms with van der Waals surface area (Å²) in [7, 11) is 0. The summed E-state index contributed by atoms with van der Waals surface area (Å²) in [5.41, 5.74) is 0. The molecule has 0 heterocycles. The normalized spacial score (nSPS) is 5.91. The highest BCUT2D eigenvalue weighted by Gasteiger charge is 1.70. The van der Waals surface area contributed by atoms with E-state index in [2.05, 4.69) is 32.0 Å². The lowest BCUT2D eigenvalue weighted by atomic mass is 10.6. The molecule has 0 aliphatic rings. The number of hydrogen-bond acceptors (Lipinski definition) is 2. The van der Waals surface area contributed by atoms with Gasteiger partial charge < -0.3 is 10.4 Å². The Balaban J connectivity index is -0.000000109. The zero-order valence-corrected chi connectivity index (χ0v) is 7.21. The summed E-state index contributed by atoms with van der Waals surface area (Å²) in [6.07, 6.45) is 9.80. The summed E-state index contributed by atoms with van der Waals surface area (Å²) in [6, 6.07) is 0. The van der Waals surface area contributed by atoms with Gasteiger partial charge in [0, 0.05) is 6.54 Å². The molecule has 0 bridgehead atoms. The quantitative estimate of drug-likeness (QED) is 0.355. The fourth-order valence-corrected chi connectivity index (χ4v) is 0.123. The molecular weight excluding hydrogens is 142 g/mol. The number of nitrogens with one attached hydrogen (secondary N) is 1. The van der Waals surface area contributed by atoms with Gasteiger partial charge in [0.05, 0.1) is 6.61 Å². The molecule has 0 saturated carbocycles. The van der Waals surface area contributed by atoms with Gasteiger partial charge in [-0.3, -0.25) is 4.79 Å². The molecule has 1 amide bonds. The number of hydrogen-bond donors (Lipinski definition) is 2. The van der Waals surface area contributed by atoms with E-state index in [-0.39, 0.29) is 6.61 Å².